The lowest BCUT2D eigenvalue weighted by Gasteiger charge is -2.06. The van der Waals surface area contributed by atoms with Gasteiger partial charge in [0.2, 0.25) is 0 Å². The van der Waals surface area contributed by atoms with Crippen LogP contribution in [0.3, 0.4) is 0 Å². The Morgan fingerprint density at radius 1 is 1.32 bits per heavy atom. The van der Waals surface area contributed by atoms with Crippen LogP contribution in [0.15, 0.2) is 43.0 Å². The summed E-state index contributed by atoms with van der Waals surface area (Å²) in [6.07, 6.45) is 6.08. The van der Waals surface area contributed by atoms with Crippen molar-refractivity contribution in [2.75, 3.05) is 0 Å². The number of hydrogen-bond acceptors (Lipinski definition) is 5. The van der Waals surface area contributed by atoms with Gasteiger partial charge in [-0.1, -0.05) is 23.5 Å². The topological polar surface area (TPSA) is 72.7 Å². The van der Waals surface area contributed by atoms with Gasteiger partial charge >= 0.3 is 0 Å². The van der Waals surface area contributed by atoms with Crippen molar-refractivity contribution in [3.63, 3.8) is 0 Å². The molecular formula is C15H15N5OS. The number of amides is 1. The summed E-state index contributed by atoms with van der Waals surface area (Å²) in [5, 5.41) is 6.85. The number of aromatic nitrogens is 4. The molecule has 112 valence electrons. The second-order valence-electron chi connectivity index (χ2n) is 4.72. The summed E-state index contributed by atoms with van der Waals surface area (Å²) in [5.74, 6) is -0.120. The lowest BCUT2D eigenvalue weighted by molar-refractivity contribution is 0.0954. The number of benzene rings is 1. The molecule has 1 N–H and O–H groups in total. The van der Waals surface area contributed by atoms with E-state index in [0.29, 0.717) is 17.8 Å². The lowest BCUT2D eigenvalue weighted by Crippen LogP contribution is -2.22. The Labute approximate surface area is 132 Å². The van der Waals surface area contributed by atoms with E-state index in [4.69, 9.17) is 0 Å². The summed E-state index contributed by atoms with van der Waals surface area (Å²) < 4.78 is 5.76. The van der Waals surface area contributed by atoms with Crippen LogP contribution in [0, 0.1) is 0 Å². The third-order valence-electron chi connectivity index (χ3n) is 3.29. The molecule has 0 saturated heterocycles. The maximum Gasteiger partial charge on any atom is 0.265 e. The zero-order valence-electron chi connectivity index (χ0n) is 12.1. The maximum atomic E-state index is 12.1. The highest BCUT2D eigenvalue weighted by molar-refractivity contribution is 7.08. The van der Waals surface area contributed by atoms with Gasteiger partial charge in [0.25, 0.3) is 5.91 Å². The van der Waals surface area contributed by atoms with Gasteiger partial charge in [0, 0.05) is 24.6 Å². The number of aryl methyl sites for hydroxylation is 1. The molecule has 0 aliphatic rings. The SMILES string of the molecule is CCc1nnsc1C(=O)NCc1ccc(-n2ccnc2)cc1. The molecule has 0 aliphatic heterocycles. The molecular weight excluding hydrogens is 298 g/mol. The van der Waals surface area contributed by atoms with Crippen LogP contribution in [-0.2, 0) is 13.0 Å². The standard InChI is InChI=1S/C15H15N5OS/c1-2-13-14(22-19-18-13)15(21)17-9-11-3-5-12(6-4-11)20-8-7-16-10-20/h3-8,10H,2,9H2,1H3,(H,17,21). The van der Waals surface area contributed by atoms with Gasteiger partial charge in [0.05, 0.1) is 12.0 Å². The van der Waals surface area contributed by atoms with Gasteiger partial charge in [0.1, 0.15) is 4.88 Å². The van der Waals surface area contributed by atoms with Gasteiger partial charge in [-0.2, -0.15) is 0 Å². The van der Waals surface area contributed by atoms with Crippen LogP contribution in [0.4, 0.5) is 0 Å². The van der Waals surface area contributed by atoms with Crippen molar-refractivity contribution in [1.82, 2.24) is 24.5 Å². The zero-order chi connectivity index (χ0) is 15.4. The van der Waals surface area contributed by atoms with Crippen molar-refractivity contribution in [1.29, 1.82) is 0 Å². The maximum absolute atomic E-state index is 12.1. The molecule has 0 saturated carbocycles. The minimum absolute atomic E-state index is 0.120. The van der Waals surface area contributed by atoms with E-state index >= 15 is 0 Å². The fraction of sp³-hybridized carbons (Fsp3) is 0.200. The molecule has 7 heteroatoms. The van der Waals surface area contributed by atoms with Crippen molar-refractivity contribution < 1.29 is 4.79 Å². The summed E-state index contributed by atoms with van der Waals surface area (Å²) in [7, 11) is 0. The first kappa shape index (κ1) is 14.4. The van der Waals surface area contributed by atoms with Gasteiger partial charge < -0.3 is 9.88 Å². The fourth-order valence-electron chi connectivity index (χ4n) is 2.07. The third kappa shape index (κ3) is 3.04. The average molecular weight is 313 g/mol. The van der Waals surface area contributed by atoms with Crippen LogP contribution in [0.2, 0.25) is 0 Å². The number of hydrogen-bond donors (Lipinski definition) is 1. The second-order valence-corrected chi connectivity index (χ2v) is 5.48. The van der Waals surface area contributed by atoms with Crippen LogP contribution in [0.1, 0.15) is 27.9 Å². The van der Waals surface area contributed by atoms with Crippen LogP contribution in [0.5, 0.6) is 0 Å². The van der Waals surface area contributed by atoms with E-state index in [1.165, 1.54) is 0 Å². The van der Waals surface area contributed by atoms with Crippen LogP contribution in [0.25, 0.3) is 5.69 Å². The first-order valence-corrected chi connectivity index (χ1v) is 7.72. The van der Waals surface area contributed by atoms with Gasteiger partial charge in [-0.15, -0.1) is 5.10 Å². The highest BCUT2D eigenvalue weighted by Crippen LogP contribution is 2.12. The van der Waals surface area contributed by atoms with Crippen LogP contribution >= 0.6 is 11.5 Å². The van der Waals surface area contributed by atoms with E-state index in [2.05, 4.69) is 19.9 Å². The predicted octanol–water partition coefficient (Wildman–Crippen LogP) is 2.22. The summed E-state index contributed by atoms with van der Waals surface area (Å²) in [4.78, 5) is 16.7. The first-order valence-electron chi connectivity index (χ1n) is 6.94. The molecule has 0 atom stereocenters. The number of carbonyl (C=O) groups excluding carboxylic acids is 1. The monoisotopic (exact) mass is 313 g/mol. The van der Waals surface area contributed by atoms with E-state index in [0.717, 1.165) is 28.5 Å². The number of carbonyl (C=O) groups is 1. The Hall–Kier alpha value is -2.54. The molecule has 6 nitrogen and oxygen atoms in total. The van der Waals surface area contributed by atoms with Crippen LogP contribution < -0.4 is 5.32 Å². The van der Waals surface area contributed by atoms with Crippen molar-refractivity contribution in [3.8, 4) is 5.69 Å². The molecule has 0 radical (unpaired) electrons. The highest BCUT2D eigenvalue weighted by atomic mass is 32.1. The Morgan fingerprint density at radius 3 is 2.82 bits per heavy atom. The Kier molecular flexibility index (Phi) is 4.24. The van der Waals surface area contributed by atoms with Crippen molar-refractivity contribution in [2.45, 2.75) is 19.9 Å². The van der Waals surface area contributed by atoms with Gasteiger partial charge in [0.15, 0.2) is 0 Å². The number of nitrogens with zero attached hydrogens (tertiary/aromatic N) is 4. The minimum atomic E-state index is -0.120. The lowest BCUT2D eigenvalue weighted by atomic mass is 10.2. The molecule has 1 amide bonds. The number of imidazole rings is 1. The molecule has 2 heterocycles. The van der Waals surface area contributed by atoms with Crippen molar-refractivity contribution >= 4 is 17.4 Å². The van der Waals surface area contributed by atoms with E-state index in [1.807, 2.05) is 42.0 Å². The predicted molar refractivity (Wildman–Crippen MR) is 84.0 cm³/mol. The molecule has 0 unspecified atom stereocenters. The van der Waals surface area contributed by atoms with Crippen molar-refractivity contribution in [2.24, 2.45) is 0 Å². The molecule has 0 aliphatic carbocycles. The van der Waals surface area contributed by atoms with E-state index < -0.39 is 0 Å². The second kappa shape index (κ2) is 6.48. The highest BCUT2D eigenvalue weighted by Gasteiger charge is 2.14. The van der Waals surface area contributed by atoms with Gasteiger partial charge in [-0.05, 0) is 35.6 Å². The molecule has 0 bridgehead atoms. The molecule has 3 rings (SSSR count). The normalized spacial score (nSPS) is 10.6. The zero-order valence-corrected chi connectivity index (χ0v) is 12.9. The quantitative estimate of drug-likeness (QED) is 0.784. The van der Waals surface area contributed by atoms with Crippen molar-refractivity contribution in [3.05, 3.63) is 59.1 Å². The van der Waals surface area contributed by atoms with Crippen LogP contribution in [-0.4, -0.2) is 25.0 Å². The Balaban J connectivity index is 1.63. The first-order chi connectivity index (χ1) is 10.8. The summed E-state index contributed by atoms with van der Waals surface area (Å²) in [5.41, 5.74) is 2.82. The van der Waals surface area contributed by atoms with Gasteiger partial charge in [-0.25, -0.2) is 4.98 Å². The summed E-state index contributed by atoms with van der Waals surface area (Å²) in [6, 6.07) is 7.96. The average Bonchev–Trinajstić information content (AvgIpc) is 3.24. The minimum Gasteiger partial charge on any atom is -0.347 e. The molecule has 1 aromatic carbocycles. The molecule has 22 heavy (non-hydrogen) atoms. The number of nitrogens with one attached hydrogen (secondary N) is 1. The number of rotatable bonds is 5. The largest absolute Gasteiger partial charge is 0.347 e. The molecule has 0 fully saturated rings. The van der Waals surface area contributed by atoms with E-state index in [1.54, 1.807) is 12.5 Å². The Bertz CT molecular complexity index is 749. The summed E-state index contributed by atoms with van der Waals surface area (Å²) in [6.45, 7) is 2.44. The fourth-order valence-corrected chi connectivity index (χ4v) is 2.74. The van der Waals surface area contributed by atoms with Gasteiger partial charge in [-0.3, -0.25) is 4.79 Å². The smallest absolute Gasteiger partial charge is 0.265 e. The molecule has 2 aromatic heterocycles. The van der Waals surface area contributed by atoms with E-state index in [9.17, 15) is 4.79 Å². The Morgan fingerprint density at radius 2 is 2.14 bits per heavy atom. The molecule has 3 aromatic rings. The third-order valence-corrected chi connectivity index (χ3v) is 4.06. The summed E-state index contributed by atoms with van der Waals surface area (Å²) >= 11 is 1.13. The molecule has 0 spiro atoms. The van der Waals surface area contributed by atoms with E-state index in [-0.39, 0.29) is 5.91 Å².